The second kappa shape index (κ2) is 3.92. The average molecular weight is 218 g/mol. The van der Waals surface area contributed by atoms with Crippen LogP contribution in [0.15, 0.2) is 12.4 Å². The van der Waals surface area contributed by atoms with Crippen LogP contribution in [0.1, 0.15) is 31.0 Å². The summed E-state index contributed by atoms with van der Waals surface area (Å²) in [7, 11) is 0. The Morgan fingerprint density at radius 1 is 1.31 bits per heavy atom. The van der Waals surface area contributed by atoms with Crippen molar-refractivity contribution >= 4 is 0 Å². The molecular weight excluding hydrogens is 204 g/mol. The third-order valence-electron chi connectivity index (χ3n) is 2.45. The maximum atomic E-state index is 9.86. The molecule has 0 spiro atoms. The van der Waals surface area contributed by atoms with Gasteiger partial charge in [0.1, 0.15) is 0 Å². The van der Waals surface area contributed by atoms with Gasteiger partial charge in [-0.05, 0) is 12.8 Å². The van der Waals surface area contributed by atoms with Gasteiger partial charge in [0, 0.05) is 17.5 Å². The third kappa shape index (κ3) is 1.76. The first kappa shape index (κ1) is 10.6. The summed E-state index contributed by atoms with van der Waals surface area (Å²) in [4.78, 5) is 8.45. The molecule has 16 heavy (non-hydrogen) atoms. The van der Waals surface area contributed by atoms with Gasteiger partial charge in [-0.15, -0.1) is 0 Å². The maximum absolute atomic E-state index is 9.86. The lowest BCUT2D eigenvalue weighted by Crippen LogP contribution is -2.00. The predicted molar refractivity (Wildman–Crippen MR) is 60.1 cm³/mol. The number of aromatic nitrogens is 4. The van der Waals surface area contributed by atoms with Crippen molar-refractivity contribution in [1.29, 1.82) is 0 Å². The fourth-order valence-corrected chi connectivity index (χ4v) is 1.74. The van der Waals surface area contributed by atoms with Crippen molar-refractivity contribution in [2.75, 3.05) is 0 Å². The van der Waals surface area contributed by atoms with Crippen LogP contribution in [0.5, 0.6) is 5.88 Å². The van der Waals surface area contributed by atoms with Crippen LogP contribution in [0.4, 0.5) is 0 Å². The highest BCUT2D eigenvalue weighted by molar-refractivity contribution is 5.54. The Balaban J connectivity index is 2.53. The van der Waals surface area contributed by atoms with Gasteiger partial charge in [0.05, 0.1) is 11.8 Å². The Bertz CT molecular complexity index is 468. The number of rotatable bonds is 2. The number of H-pyrrole nitrogens is 1. The average Bonchev–Trinajstić information content (AvgIpc) is 2.67. The minimum absolute atomic E-state index is 0.0544. The maximum Gasteiger partial charge on any atom is 0.218 e. The number of aryl methyl sites for hydroxylation is 1. The quantitative estimate of drug-likeness (QED) is 0.808. The molecule has 0 radical (unpaired) electrons. The van der Waals surface area contributed by atoms with Crippen LogP contribution in [0, 0.1) is 6.92 Å². The fraction of sp³-hybridized carbons (Fsp3) is 0.364. The van der Waals surface area contributed by atoms with Gasteiger partial charge < -0.3 is 5.11 Å². The summed E-state index contributed by atoms with van der Waals surface area (Å²) >= 11 is 0. The minimum atomic E-state index is 0.0544. The molecule has 2 aromatic rings. The lowest BCUT2D eigenvalue weighted by atomic mass is 10.0. The lowest BCUT2D eigenvalue weighted by molar-refractivity contribution is 0.440. The highest BCUT2D eigenvalue weighted by Gasteiger charge is 2.14. The Kier molecular flexibility index (Phi) is 2.60. The van der Waals surface area contributed by atoms with E-state index < -0.39 is 0 Å². The Labute approximate surface area is 93.6 Å². The van der Waals surface area contributed by atoms with Crippen LogP contribution >= 0.6 is 0 Å². The first-order valence-electron chi connectivity index (χ1n) is 5.16. The lowest BCUT2D eigenvalue weighted by Gasteiger charge is -2.11. The van der Waals surface area contributed by atoms with Gasteiger partial charge in [0.15, 0.2) is 5.82 Å². The fourth-order valence-electron chi connectivity index (χ4n) is 1.74. The van der Waals surface area contributed by atoms with Crippen molar-refractivity contribution in [1.82, 2.24) is 20.2 Å². The SMILES string of the molecule is Cc1nc(-c2cn[nH]c2)nc(O)c1C(C)C. The van der Waals surface area contributed by atoms with E-state index >= 15 is 0 Å². The normalized spacial score (nSPS) is 11.0. The Hall–Kier alpha value is -1.91. The molecule has 0 fully saturated rings. The molecule has 2 heterocycles. The molecule has 5 heteroatoms. The number of hydrogen-bond acceptors (Lipinski definition) is 4. The molecule has 0 aliphatic rings. The van der Waals surface area contributed by atoms with E-state index in [2.05, 4.69) is 20.2 Å². The molecule has 2 aromatic heterocycles. The molecule has 5 nitrogen and oxygen atoms in total. The summed E-state index contributed by atoms with van der Waals surface area (Å²) in [6, 6.07) is 0. The number of aromatic hydroxyl groups is 1. The molecule has 0 amide bonds. The van der Waals surface area contributed by atoms with Crippen molar-refractivity contribution in [2.24, 2.45) is 0 Å². The molecule has 0 saturated heterocycles. The summed E-state index contributed by atoms with van der Waals surface area (Å²) in [5.41, 5.74) is 2.37. The van der Waals surface area contributed by atoms with Gasteiger partial charge in [0.2, 0.25) is 5.88 Å². The standard InChI is InChI=1S/C11H14N4O/c1-6(2)9-7(3)14-10(15-11(9)16)8-4-12-13-5-8/h4-6H,1-3H3,(H,12,13)(H,14,15,16). The van der Waals surface area contributed by atoms with Crippen LogP contribution in [0.25, 0.3) is 11.4 Å². The summed E-state index contributed by atoms with van der Waals surface area (Å²) in [5, 5.41) is 16.4. The summed E-state index contributed by atoms with van der Waals surface area (Å²) in [5.74, 6) is 0.755. The van der Waals surface area contributed by atoms with E-state index in [9.17, 15) is 5.11 Å². The predicted octanol–water partition coefficient (Wildman–Crippen LogP) is 2.00. The molecule has 0 aromatic carbocycles. The molecule has 0 aliphatic heterocycles. The van der Waals surface area contributed by atoms with Gasteiger partial charge in [-0.1, -0.05) is 13.8 Å². The molecule has 84 valence electrons. The van der Waals surface area contributed by atoms with Crippen molar-refractivity contribution in [3.63, 3.8) is 0 Å². The number of hydrogen-bond donors (Lipinski definition) is 2. The Morgan fingerprint density at radius 2 is 2.06 bits per heavy atom. The summed E-state index contributed by atoms with van der Waals surface area (Å²) in [6.07, 6.45) is 3.33. The van der Waals surface area contributed by atoms with Gasteiger partial charge in [-0.2, -0.15) is 10.1 Å². The largest absolute Gasteiger partial charge is 0.493 e. The molecule has 0 unspecified atom stereocenters. The zero-order valence-electron chi connectivity index (χ0n) is 9.52. The number of nitrogens with zero attached hydrogens (tertiary/aromatic N) is 3. The third-order valence-corrected chi connectivity index (χ3v) is 2.45. The monoisotopic (exact) mass is 218 g/mol. The van der Waals surface area contributed by atoms with E-state index in [1.165, 1.54) is 0 Å². The number of nitrogens with one attached hydrogen (secondary N) is 1. The van der Waals surface area contributed by atoms with Crippen LogP contribution in [-0.2, 0) is 0 Å². The molecule has 0 atom stereocenters. The van der Waals surface area contributed by atoms with Crippen molar-refractivity contribution < 1.29 is 5.11 Å². The molecule has 0 saturated carbocycles. The van der Waals surface area contributed by atoms with Crippen molar-refractivity contribution in [3.8, 4) is 17.3 Å². The molecular formula is C11H14N4O. The number of aromatic amines is 1. The first-order valence-corrected chi connectivity index (χ1v) is 5.16. The summed E-state index contributed by atoms with van der Waals surface area (Å²) in [6.45, 7) is 5.88. The van der Waals surface area contributed by atoms with E-state index in [1.807, 2.05) is 20.8 Å². The molecule has 0 bridgehead atoms. The van der Waals surface area contributed by atoms with Gasteiger partial charge in [-0.3, -0.25) is 5.10 Å². The first-order chi connectivity index (χ1) is 7.59. The van der Waals surface area contributed by atoms with E-state index in [4.69, 9.17) is 0 Å². The highest BCUT2D eigenvalue weighted by atomic mass is 16.3. The minimum Gasteiger partial charge on any atom is -0.493 e. The Morgan fingerprint density at radius 3 is 2.56 bits per heavy atom. The van der Waals surface area contributed by atoms with E-state index in [1.54, 1.807) is 12.4 Å². The molecule has 2 N–H and O–H groups in total. The van der Waals surface area contributed by atoms with Crippen LogP contribution in [-0.4, -0.2) is 25.3 Å². The van der Waals surface area contributed by atoms with Crippen LogP contribution in [0.3, 0.4) is 0 Å². The van der Waals surface area contributed by atoms with E-state index in [0.29, 0.717) is 5.82 Å². The zero-order chi connectivity index (χ0) is 11.7. The second-order valence-electron chi connectivity index (χ2n) is 4.01. The molecule has 0 aliphatic carbocycles. The van der Waals surface area contributed by atoms with E-state index in [0.717, 1.165) is 16.8 Å². The smallest absolute Gasteiger partial charge is 0.218 e. The van der Waals surface area contributed by atoms with Crippen LogP contribution in [0.2, 0.25) is 0 Å². The van der Waals surface area contributed by atoms with Crippen molar-refractivity contribution in [2.45, 2.75) is 26.7 Å². The zero-order valence-corrected chi connectivity index (χ0v) is 9.52. The van der Waals surface area contributed by atoms with E-state index in [-0.39, 0.29) is 11.8 Å². The van der Waals surface area contributed by atoms with Crippen LogP contribution < -0.4 is 0 Å². The second-order valence-corrected chi connectivity index (χ2v) is 4.01. The topological polar surface area (TPSA) is 74.7 Å². The molecule has 2 rings (SSSR count). The van der Waals surface area contributed by atoms with Crippen molar-refractivity contribution in [3.05, 3.63) is 23.7 Å². The van der Waals surface area contributed by atoms with Gasteiger partial charge in [-0.25, -0.2) is 4.98 Å². The summed E-state index contributed by atoms with van der Waals surface area (Å²) < 4.78 is 0. The van der Waals surface area contributed by atoms with Gasteiger partial charge >= 0.3 is 0 Å². The highest BCUT2D eigenvalue weighted by Crippen LogP contribution is 2.28. The van der Waals surface area contributed by atoms with Gasteiger partial charge in [0.25, 0.3) is 0 Å².